The molecule has 2 heterocycles. The van der Waals surface area contributed by atoms with E-state index in [0.717, 1.165) is 25.7 Å². The maximum atomic E-state index is 12.4. The fraction of sp³-hybridized carbons (Fsp3) is 0.471. The van der Waals surface area contributed by atoms with E-state index >= 15 is 0 Å². The van der Waals surface area contributed by atoms with Crippen molar-refractivity contribution in [2.24, 2.45) is 5.92 Å². The number of carboxylic acid groups (broad SMARTS) is 1. The number of furan rings is 1. The Hall–Kier alpha value is -2.57. The van der Waals surface area contributed by atoms with Crippen molar-refractivity contribution in [3.8, 4) is 11.5 Å². The van der Waals surface area contributed by atoms with Crippen LogP contribution in [0.25, 0.3) is 11.5 Å². The van der Waals surface area contributed by atoms with Crippen molar-refractivity contribution in [3.05, 3.63) is 30.2 Å². The Labute approximate surface area is 139 Å². The van der Waals surface area contributed by atoms with E-state index in [-0.39, 0.29) is 11.7 Å². The van der Waals surface area contributed by atoms with Gasteiger partial charge in [0.15, 0.2) is 11.5 Å². The zero-order valence-electron chi connectivity index (χ0n) is 13.2. The Morgan fingerprint density at radius 1 is 1.17 bits per heavy atom. The summed E-state index contributed by atoms with van der Waals surface area (Å²) < 4.78 is 10.3. The number of aromatic nitrogens is 1. The molecule has 0 bridgehead atoms. The van der Waals surface area contributed by atoms with Crippen molar-refractivity contribution >= 4 is 11.9 Å². The summed E-state index contributed by atoms with van der Waals surface area (Å²) in [4.78, 5) is 23.9. The molecule has 0 saturated heterocycles. The predicted octanol–water partition coefficient (Wildman–Crippen LogP) is 3.09. The van der Waals surface area contributed by atoms with Crippen LogP contribution in [0.15, 0.2) is 33.4 Å². The molecule has 1 saturated carbocycles. The Bertz CT molecular complexity index is 692. The summed E-state index contributed by atoms with van der Waals surface area (Å²) in [6.07, 6.45) is 6.62. The lowest BCUT2D eigenvalue weighted by Gasteiger charge is -2.26. The standard InChI is InChI=1S/C17H20N2O5/c20-16(13-10-15(24-19-13)14-8-5-9-23-14)18-12-7-4-2-1-3-6-11(12)17(21)22/h5,8-12H,1-4,6-7H2,(H,18,20)(H,21,22). The highest BCUT2D eigenvalue weighted by Gasteiger charge is 2.30. The highest BCUT2D eigenvalue weighted by molar-refractivity contribution is 5.93. The van der Waals surface area contributed by atoms with Gasteiger partial charge in [-0.3, -0.25) is 9.59 Å². The molecule has 0 aromatic carbocycles. The summed E-state index contributed by atoms with van der Waals surface area (Å²) in [7, 11) is 0. The largest absolute Gasteiger partial charge is 0.481 e. The third-order valence-corrected chi connectivity index (χ3v) is 4.41. The topological polar surface area (TPSA) is 106 Å². The molecule has 128 valence electrons. The van der Waals surface area contributed by atoms with E-state index in [1.54, 1.807) is 12.1 Å². The Balaban J connectivity index is 1.71. The average Bonchev–Trinajstić information content (AvgIpc) is 3.19. The summed E-state index contributed by atoms with van der Waals surface area (Å²) in [5, 5.41) is 16.0. The minimum Gasteiger partial charge on any atom is -0.481 e. The molecule has 2 aromatic rings. The molecule has 3 rings (SSSR count). The monoisotopic (exact) mass is 332 g/mol. The van der Waals surface area contributed by atoms with E-state index in [1.807, 2.05) is 0 Å². The van der Waals surface area contributed by atoms with Crippen molar-refractivity contribution in [2.75, 3.05) is 0 Å². The third-order valence-electron chi connectivity index (χ3n) is 4.41. The molecule has 0 radical (unpaired) electrons. The molecule has 7 heteroatoms. The van der Waals surface area contributed by atoms with Crippen LogP contribution in [-0.4, -0.2) is 28.2 Å². The normalized spacial score (nSPS) is 21.7. The van der Waals surface area contributed by atoms with Gasteiger partial charge in [0.2, 0.25) is 5.76 Å². The first-order chi connectivity index (χ1) is 11.6. The molecule has 2 aromatic heterocycles. The van der Waals surface area contributed by atoms with Crippen molar-refractivity contribution in [1.29, 1.82) is 0 Å². The molecule has 1 fully saturated rings. The quantitative estimate of drug-likeness (QED) is 0.891. The van der Waals surface area contributed by atoms with E-state index in [2.05, 4.69) is 10.5 Å². The molecule has 1 amide bonds. The van der Waals surface area contributed by atoms with E-state index in [1.165, 1.54) is 12.3 Å². The number of hydrogen-bond acceptors (Lipinski definition) is 5. The minimum atomic E-state index is -0.862. The maximum Gasteiger partial charge on any atom is 0.308 e. The first kappa shape index (κ1) is 16.3. The number of carbonyl (C=O) groups is 2. The van der Waals surface area contributed by atoms with E-state index < -0.39 is 17.8 Å². The van der Waals surface area contributed by atoms with Gasteiger partial charge in [0, 0.05) is 12.1 Å². The highest BCUT2D eigenvalue weighted by Crippen LogP contribution is 2.24. The molecule has 2 N–H and O–H groups in total. The minimum absolute atomic E-state index is 0.118. The van der Waals surface area contributed by atoms with Crippen molar-refractivity contribution in [3.63, 3.8) is 0 Å². The van der Waals surface area contributed by atoms with Crippen LogP contribution in [0.5, 0.6) is 0 Å². The van der Waals surface area contributed by atoms with Crippen molar-refractivity contribution < 1.29 is 23.6 Å². The number of nitrogens with zero attached hydrogens (tertiary/aromatic N) is 1. The molecule has 2 unspecified atom stereocenters. The van der Waals surface area contributed by atoms with Crippen LogP contribution in [0.3, 0.4) is 0 Å². The van der Waals surface area contributed by atoms with Crippen LogP contribution in [0, 0.1) is 5.92 Å². The summed E-state index contributed by atoms with van der Waals surface area (Å²) in [6.45, 7) is 0. The second-order valence-corrected chi connectivity index (χ2v) is 6.07. The van der Waals surface area contributed by atoms with Gasteiger partial charge in [-0.15, -0.1) is 0 Å². The van der Waals surface area contributed by atoms with Gasteiger partial charge in [0.1, 0.15) is 0 Å². The van der Waals surface area contributed by atoms with Crippen LogP contribution in [0.1, 0.15) is 49.0 Å². The first-order valence-electron chi connectivity index (χ1n) is 8.19. The van der Waals surface area contributed by atoms with Crippen molar-refractivity contribution in [1.82, 2.24) is 10.5 Å². The molecule has 0 spiro atoms. The van der Waals surface area contributed by atoms with Crippen molar-refractivity contribution in [2.45, 2.75) is 44.6 Å². The van der Waals surface area contributed by atoms with Gasteiger partial charge in [-0.1, -0.05) is 30.8 Å². The van der Waals surface area contributed by atoms with Gasteiger partial charge in [-0.2, -0.15) is 0 Å². The first-order valence-corrected chi connectivity index (χ1v) is 8.19. The fourth-order valence-electron chi connectivity index (χ4n) is 3.11. The van der Waals surface area contributed by atoms with Gasteiger partial charge in [0.25, 0.3) is 5.91 Å². The SMILES string of the molecule is O=C(NC1CCCCCCC1C(=O)O)c1cc(-c2ccco2)on1. The second-order valence-electron chi connectivity index (χ2n) is 6.07. The summed E-state index contributed by atoms with van der Waals surface area (Å²) in [5.41, 5.74) is 0.118. The lowest BCUT2D eigenvalue weighted by Crippen LogP contribution is -2.44. The number of amides is 1. The Morgan fingerprint density at radius 2 is 1.96 bits per heavy atom. The van der Waals surface area contributed by atoms with E-state index in [9.17, 15) is 14.7 Å². The number of aliphatic carboxylic acids is 1. The zero-order chi connectivity index (χ0) is 16.9. The van der Waals surface area contributed by atoms with Gasteiger partial charge < -0.3 is 19.4 Å². The molecule has 7 nitrogen and oxygen atoms in total. The fourth-order valence-corrected chi connectivity index (χ4v) is 3.11. The Morgan fingerprint density at radius 3 is 2.67 bits per heavy atom. The van der Waals surface area contributed by atoms with Gasteiger partial charge in [-0.25, -0.2) is 0 Å². The lowest BCUT2D eigenvalue weighted by molar-refractivity contribution is -0.143. The number of hydrogen-bond donors (Lipinski definition) is 2. The summed E-state index contributed by atoms with van der Waals surface area (Å²) in [6, 6.07) is 4.52. The summed E-state index contributed by atoms with van der Waals surface area (Å²) >= 11 is 0. The van der Waals surface area contributed by atoms with Crippen LogP contribution in [0.2, 0.25) is 0 Å². The van der Waals surface area contributed by atoms with Crippen LogP contribution < -0.4 is 5.32 Å². The van der Waals surface area contributed by atoms with Crippen LogP contribution in [-0.2, 0) is 4.79 Å². The number of carbonyl (C=O) groups excluding carboxylic acids is 1. The maximum absolute atomic E-state index is 12.4. The third kappa shape index (κ3) is 3.67. The molecule has 24 heavy (non-hydrogen) atoms. The van der Waals surface area contributed by atoms with E-state index in [4.69, 9.17) is 8.94 Å². The molecule has 1 aliphatic rings. The highest BCUT2D eigenvalue weighted by atomic mass is 16.5. The van der Waals surface area contributed by atoms with Gasteiger partial charge in [0.05, 0.1) is 12.2 Å². The molecule has 1 aliphatic carbocycles. The molecular weight excluding hydrogens is 312 g/mol. The number of rotatable bonds is 4. The number of carboxylic acids is 1. The predicted molar refractivity (Wildman–Crippen MR) is 84.3 cm³/mol. The van der Waals surface area contributed by atoms with E-state index in [0.29, 0.717) is 24.4 Å². The van der Waals surface area contributed by atoms with Crippen LogP contribution in [0.4, 0.5) is 0 Å². The van der Waals surface area contributed by atoms with Gasteiger partial charge in [-0.05, 0) is 25.0 Å². The zero-order valence-corrected chi connectivity index (χ0v) is 13.2. The second kappa shape index (κ2) is 7.33. The van der Waals surface area contributed by atoms with Gasteiger partial charge >= 0.3 is 5.97 Å². The van der Waals surface area contributed by atoms with Crippen LogP contribution >= 0.6 is 0 Å². The summed E-state index contributed by atoms with van der Waals surface area (Å²) in [5.74, 6) is -1.01. The average molecular weight is 332 g/mol. The molecule has 0 aliphatic heterocycles. The Kier molecular flexibility index (Phi) is 4.98. The lowest BCUT2D eigenvalue weighted by atomic mass is 9.86. The number of nitrogens with one attached hydrogen (secondary N) is 1. The smallest absolute Gasteiger partial charge is 0.308 e. The molecule has 2 atom stereocenters. The molecular formula is C17H20N2O5.